The summed E-state index contributed by atoms with van der Waals surface area (Å²) in [6.07, 6.45) is 0.414. The number of Topliss-reactive ketones (excluding diaryl/α,β-unsaturated/α-hetero) is 1. The van der Waals surface area contributed by atoms with E-state index in [2.05, 4.69) is 15.5 Å². The van der Waals surface area contributed by atoms with Crippen molar-refractivity contribution in [3.05, 3.63) is 65.3 Å². The van der Waals surface area contributed by atoms with Crippen LogP contribution >= 0.6 is 0 Å². The second kappa shape index (κ2) is 7.90. The minimum absolute atomic E-state index is 0.0338. The van der Waals surface area contributed by atoms with Crippen molar-refractivity contribution < 1.29 is 18.5 Å². The van der Waals surface area contributed by atoms with Crippen LogP contribution in [-0.2, 0) is 11.2 Å². The molecule has 6 nitrogen and oxygen atoms in total. The largest absolute Gasteiger partial charge is 0.339 e. The number of nitrogens with one attached hydrogen (secondary N) is 1. The molecule has 27 heavy (non-hydrogen) atoms. The second-order valence-corrected chi connectivity index (χ2v) is 6.16. The van der Waals surface area contributed by atoms with Crippen LogP contribution in [0.1, 0.15) is 35.2 Å². The van der Waals surface area contributed by atoms with Crippen LogP contribution in [0.25, 0.3) is 11.4 Å². The molecule has 0 saturated heterocycles. The Morgan fingerprint density at radius 2 is 1.89 bits per heavy atom. The van der Waals surface area contributed by atoms with E-state index in [0.29, 0.717) is 28.3 Å². The lowest BCUT2D eigenvalue weighted by atomic mass is 10.1. The van der Waals surface area contributed by atoms with E-state index in [9.17, 15) is 14.0 Å². The van der Waals surface area contributed by atoms with E-state index >= 15 is 0 Å². The summed E-state index contributed by atoms with van der Waals surface area (Å²) in [4.78, 5) is 27.5. The number of carbonyl (C=O) groups is 2. The van der Waals surface area contributed by atoms with E-state index < -0.39 is 0 Å². The number of rotatable bonds is 6. The molecule has 0 atom stereocenters. The van der Waals surface area contributed by atoms with Gasteiger partial charge in [0.05, 0.1) is 0 Å². The smallest absolute Gasteiger partial charge is 0.227 e. The average molecular weight is 367 g/mol. The Kier molecular flexibility index (Phi) is 5.40. The van der Waals surface area contributed by atoms with Gasteiger partial charge >= 0.3 is 0 Å². The van der Waals surface area contributed by atoms with E-state index in [-0.39, 0.29) is 36.2 Å². The van der Waals surface area contributed by atoms with Crippen LogP contribution in [0.5, 0.6) is 0 Å². The van der Waals surface area contributed by atoms with Gasteiger partial charge in [0, 0.05) is 29.7 Å². The van der Waals surface area contributed by atoms with Gasteiger partial charge in [-0.2, -0.15) is 4.98 Å². The average Bonchev–Trinajstić information content (AvgIpc) is 3.12. The molecule has 3 aromatic rings. The van der Waals surface area contributed by atoms with Gasteiger partial charge in [-0.25, -0.2) is 4.39 Å². The number of hydrogen-bond acceptors (Lipinski definition) is 5. The van der Waals surface area contributed by atoms with Crippen LogP contribution in [0, 0.1) is 12.7 Å². The lowest BCUT2D eigenvalue weighted by Crippen LogP contribution is -2.12. The molecule has 0 aliphatic rings. The van der Waals surface area contributed by atoms with Crippen molar-refractivity contribution in [3.63, 3.8) is 0 Å². The minimum Gasteiger partial charge on any atom is -0.339 e. The number of halogens is 1. The van der Waals surface area contributed by atoms with Crippen molar-refractivity contribution in [2.24, 2.45) is 0 Å². The molecule has 0 aliphatic heterocycles. The maximum atomic E-state index is 13.6. The topological polar surface area (TPSA) is 85.1 Å². The molecule has 1 amide bonds. The molecule has 1 aromatic heterocycles. The SMILES string of the molecule is CC(=O)c1ccc(NC(=O)CCc2nc(-c3ccc(C)c(F)c3)no2)cc1. The van der Waals surface area contributed by atoms with E-state index in [1.54, 1.807) is 43.3 Å². The zero-order valence-electron chi connectivity index (χ0n) is 15.0. The number of hydrogen-bond donors (Lipinski definition) is 1. The Labute approximate surface area is 155 Å². The fourth-order valence-electron chi connectivity index (χ4n) is 2.44. The zero-order chi connectivity index (χ0) is 19.4. The molecule has 0 fully saturated rings. The first-order chi connectivity index (χ1) is 12.9. The summed E-state index contributed by atoms with van der Waals surface area (Å²) in [6.45, 7) is 3.16. The van der Waals surface area contributed by atoms with Gasteiger partial charge in [-0.1, -0.05) is 17.3 Å². The highest BCUT2D eigenvalue weighted by Crippen LogP contribution is 2.19. The van der Waals surface area contributed by atoms with Crippen molar-refractivity contribution in [3.8, 4) is 11.4 Å². The summed E-state index contributed by atoms with van der Waals surface area (Å²) in [5, 5.41) is 6.57. The quantitative estimate of drug-likeness (QED) is 0.667. The van der Waals surface area contributed by atoms with Gasteiger partial charge in [0.2, 0.25) is 17.6 Å². The molecule has 1 heterocycles. The van der Waals surface area contributed by atoms with Crippen LogP contribution in [-0.4, -0.2) is 21.8 Å². The molecule has 2 aromatic carbocycles. The number of aryl methyl sites for hydroxylation is 2. The fraction of sp³-hybridized carbons (Fsp3) is 0.200. The lowest BCUT2D eigenvalue weighted by molar-refractivity contribution is -0.116. The highest BCUT2D eigenvalue weighted by Gasteiger charge is 2.12. The second-order valence-electron chi connectivity index (χ2n) is 6.16. The number of anilines is 1. The molecule has 0 unspecified atom stereocenters. The predicted octanol–water partition coefficient (Wildman–Crippen LogP) is 3.96. The van der Waals surface area contributed by atoms with Crippen LogP contribution in [0.3, 0.4) is 0 Å². The maximum absolute atomic E-state index is 13.6. The monoisotopic (exact) mass is 367 g/mol. The van der Waals surface area contributed by atoms with Crippen LogP contribution in [0.4, 0.5) is 10.1 Å². The first kappa shape index (κ1) is 18.4. The van der Waals surface area contributed by atoms with Crippen LogP contribution in [0.2, 0.25) is 0 Å². The van der Waals surface area contributed by atoms with Crippen LogP contribution in [0.15, 0.2) is 47.0 Å². The number of benzene rings is 2. The van der Waals surface area contributed by atoms with Crippen molar-refractivity contribution in [2.75, 3.05) is 5.32 Å². The van der Waals surface area contributed by atoms with Gasteiger partial charge in [-0.05, 0) is 49.7 Å². The van der Waals surface area contributed by atoms with Crippen molar-refractivity contribution >= 4 is 17.4 Å². The number of carbonyl (C=O) groups excluding carboxylic acids is 2. The summed E-state index contributed by atoms with van der Waals surface area (Å²) >= 11 is 0. The van der Waals surface area contributed by atoms with Gasteiger partial charge in [-0.15, -0.1) is 0 Å². The third-order valence-corrected chi connectivity index (χ3v) is 4.04. The van der Waals surface area contributed by atoms with Gasteiger partial charge < -0.3 is 9.84 Å². The number of aromatic nitrogens is 2. The van der Waals surface area contributed by atoms with Gasteiger partial charge in [-0.3, -0.25) is 9.59 Å². The van der Waals surface area contributed by atoms with E-state index in [0.717, 1.165) is 0 Å². The molecule has 138 valence electrons. The summed E-state index contributed by atoms with van der Waals surface area (Å²) in [5.41, 5.74) is 2.24. The number of ketones is 1. The van der Waals surface area contributed by atoms with Crippen LogP contribution < -0.4 is 5.32 Å². The lowest BCUT2D eigenvalue weighted by Gasteiger charge is -2.04. The third-order valence-electron chi connectivity index (χ3n) is 4.04. The minimum atomic E-state index is -0.339. The molecule has 0 radical (unpaired) electrons. The molecule has 7 heteroatoms. The summed E-state index contributed by atoms with van der Waals surface area (Å²) in [6, 6.07) is 11.4. The summed E-state index contributed by atoms with van der Waals surface area (Å²) in [5.74, 6) is -0.00792. The molecule has 0 aliphatic carbocycles. The van der Waals surface area contributed by atoms with Gasteiger partial charge in [0.1, 0.15) is 5.82 Å². The summed E-state index contributed by atoms with van der Waals surface area (Å²) in [7, 11) is 0. The van der Waals surface area contributed by atoms with E-state index in [1.165, 1.54) is 13.0 Å². The van der Waals surface area contributed by atoms with Gasteiger partial charge in [0.25, 0.3) is 0 Å². The number of amides is 1. The fourth-order valence-corrected chi connectivity index (χ4v) is 2.44. The normalized spacial score (nSPS) is 10.6. The Balaban J connectivity index is 1.57. The third kappa shape index (κ3) is 4.63. The summed E-state index contributed by atoms with van der Waals surface area (Å²) < 4.78 is 18.8. The molecule has 0 saturated carbocycles. The Hall–Kier alpha value is -3.35. The molecule has 1 N–H and O–H groups in total. The van der Waals surface area contributed by atoms with Crippen molar-refractivity contribution in [2.45, 2.75) is 26.7 Å². The zero-order valence-corrected chi connectivity index (χ0v) is 15.0. The highest BCUT2D eigenvalue weighted by atomic mass is 19.1. The van der Waals surface area contributed by atoms with Crippen molar-refractivity contribution in [1.29, 1.82) is 0 Å². The maximum Gasteiger partial charge on any atom is 0.227 e. The van der Waals surface area contributed by atoms with E-state index in [4.69, 9.17) is 4.52 Å². The van der Waals surface area contributed by atoms with Crippen molar-refractivity contribution in [1.82, 2.24) is 10.1 Å². The molecule has 3 rings (SSSR count). The molecular formula is C20H18FN3O3. The van der Waals surface area contributed by atoms with E-state index in [1.807, 2.05) is 0 Å². The van der Waals surface area contributed by atoms with Gasteiger partial charge in [0.15, 0.2) is 5.78 Å². The number of nitrogens with zero attached hydrogens (tertiary/aromatic N) is 2. The molecular weight excluding hydrogens is 349 g/mol. The molecule has 0 bridgehead atoms. The standard InChI is InChI=1S/C20H18FN3O3/c1-12-3-4-15(11-17(12)21)20-23-19(27-24-20)10-9-18(26)22-16-7-5-14(6-8-16)13(2)25/h3-8,11H,9-10H2,1-2H3,(H,22,26). The first-order valence-electron chi connectivity index (χ1n) is 8.42. The Bertz CT molecular complexity index is 980. The first-order valence-corrected chi connectivity index (χ1v) is 8.42. The highest BCUT2D eigenvalue weighted by molar-refractivity contribution is 5.95. The molecule has 0 spiro atoms. The predicted molar refractivity (Wildman–Crippen MR) is 97.8 cm³/mol. The Morgan fingerprint density at radius 3 is 2.56 bits per heavy atom. The Morgan fingerprint density at radius 1 is 1.15 bits per heavy atom.